The first-order valence-corrected chi connectivity index (χ1v) is 7.63. The summed E-state index contributed by atoms with van der Waals surface area (Å²) in [5, 5.41) is 4.93. The molecular formula is C13H13FN4O3S. The highest BCUT2D eigenvalue weighted by Crippen LogP contribution is 2.21. The summed E-state index contributed by atoms with van der Waals surface area (Å²) in [6.07, 6.45) is 1.55. The summed E-state index contributed by atoms with van der Waals surface area (Å²) in [4.78, 5) is 14.5. The number of pyridine rings is 1. The van der Waals surface area contributed by atoms with Crippen LogP contribution in [0.3, 0.4) is 0 Å². The number of urea groups is 1. The van der Waals surface area contributed by atoms with Crippen molar-refractivity contribution in [1.82, 2.24) is 15.0 Å². The molecule has 2 aromatic rings. The molecule has 7 nitrogen and oxygen atoms in total. The summed E-state index contributed by atoms with van der Waals surface area (Å²) >= 11 is 0. The minimum Gasteiger partial charge on any atom is -0.340 e. The van der Waals surface area contributed by atoms with Crippen LogP contribution in [0, 0.1) is 5.82 Å². The fourth-order valence-electron chi connectivity index (χ4n) is 1.60. The number of hydrogen-bond acceptors (Lipinski definition) is 5. The number of nitrogens with zero attached hydrogens (tertiary/aromatic N) is 1. The van der Waals surface area contributed by atoms with Crippen LogP contribution in [0.1, 0.15) is 0 Å². The summed E-state index contributed by atoms with van der Waals surface area (Å²) in [7, 11) is -3.06. The Hall–Kier alpha value is -2.68. The second kappa shape index (κ2) is 6.39. The van der Waals surface area contributed by atoms with Gasteiger partial charge < -0.3 is 10.6 Å². The normalized spacial score (nSPS) is 10.8. The lowest BCUT2D eigenvalue weighted by Crippen LogP contribution is -2.37. The van der Waals surface area contributed by atoms with Crippen LogP contribution in [0.15, 0.2) is 47.5 Å². The number of hydrogen-bond donors (Lipinski definition) is 3. The van der Waals surface area contributed by atoms with E-state index in [1.54, 1.807) is 29.1 Å². The van der Waals surface area contributed by atoms with Gasteiger partial charge in [-0.3, -0.25) is 0 Å². The van der Waals surface area contributed by atoms with Crippen molar-refractivity contribution in [3.63, 3.8) is 0 Å². The Bertz CT molecular complexity index is 781. The van der Waals surface area contributed by atoms with Crippen LogP contribution in [0.4, 0.5) is 20.7 Å². The van der Waals surface area contributed by atoms with Gasteiger partial charge in [-0.25, -0.2) is 27.3 Å². The lowest BCUT2D eigenvalue weighted by molar-refractivity contribution is 0.247. The third kappa shape index (κ3) is 3.70. The molecule has 0 spiro atoms. The molecule has 0 atom stereocenters. The number of rotatable bonds is 4. The van der Waals surface area contributed by atoms with Crippen molar-refractivity contribution in [2.45, 2.75) is 4.90 Å². The van der Waals surface area contributed by atoms with Gasteiger partial charge >= 0.3 is 6.03 Å². The fourth-order valence-corrected chi connectivity index (χ4v) is 2.66. The van der Waals surface area contributed by atoms with E-state index in [1.807, 2.05) is 0 Å². The van der Waals surface area contributed by atoms with Gasteiger partial charge in [0.15, 0.2) is 0 Å². The first-order valence-electron chi connectivity index (χ1n) is 6.14. The molecule has 0 aliphatic rings. The van der Waals surface area contributed by atoms with Gasteiger partial charge in [-0.2, -0.15) is 0 Å². The molecule has 1 aromatic heterocycles. The van der Waals surface area contributed by atoms with Crippen LogP contribution < -0.4 is 15.4 Å². The Morgan fingerprint density at radius 1 is 1.23 bits per heavy atom. The van der Waals surface area contributed by atoms with Gasteiger partial charge in [0.05, 0.1) is 0 Å². The molecule has 0 aliphatic carbocycles. The van der Waals surface area contributed by atoms with Crippen molar-refractivity contribution in [1.29, 1.82) is 0 Å². The van der Waals surface area contributed by atoms with Gasteiger partial charge in [-0.1, -0.05) is 6.07 Å². The second-order valence-electron chi connectivity index (χ2n) is 4.17. The average molecular weight is 324 g/mol. The van der Waals surface area contributed by atoms with E-state index in [1.165, 1.54) is 13.1 Å². The van der Waals surface area contributed by atoms with Crippen molar-refractivity contribution in [3.8, 4) is 0 Å². The monoisotopic (exact) mass is 324 g/mol. The minimum absolute atomic E-state index is 0.317. The van der Waals surface area contributed by atoms with Crippen molar-refractivity contribution < 1.29 is 17.6 Å². The molecule has 0 bridgehead atoms. The van der Waals surface area contributed by atoms with Gasteiger partial charge in [0, 0.05) is 18.9 Å². The zero-order valence-electron chi connectivity index (χ0n) is 11.5. The summed E-state index contributed by atoms with van der Waals surface area (Å²) in [5.74, 6) is -0.500. The van der Waals surface area contributed by atoms with E-state index in [9.17, 15) is 17.6 Å². The van der Waals surface area contributed by atoms with Crippen LogP contribution in [-0.4, -0.2) is 26.5 Å². The van der Waals surface area contributed by atoms with Crippen LogP contribution in [0.2, 0.25) is 0 Å². The first-order chi connectivity index (χ1) is 10.4. The maximum Gasteiger partial charge on any atom is 0.328 e. The number of aromatic nitrogens is 1. The quantitative estimate of drug-likeness (QED) is 0.793. The summed E-state index contributed by atoms with van der Waals surface area (Å²) in [6, 6.07) is 7.60. The van der Waals surface area contributed by atoms with Gasteiger partial charge in [0.1, 0.15) is 16.5 Å². The first kappa shape index (κ1) is 15.7. The maximum absolute atomic E-state index is 13.8. The molecule has 1 aromatic carbocycles. The molecule has 2 amide bonds. The van der Waals surface area contributed by atoms with E-state index >= 15 is 0 Å². The largest absolute Gasteiger partial charge is 0.340 e. The molecule has 0 unspecified atom stereocenters. The molecule has 9 heteroatoms. The number of carbonyl (C=O) groups excluding carboxylic acids is 1. The predicted molar refractivity (Wildman–Crippen MR) is 78.7 cm³/mol. The van der Waals surface area contributed by atoms with E-state index in [-0.39, 0.29) is 0 Å². The van der Waals surface area contributed by atoms with Gasteiger partial charge in [0.25, 0.3) is 10.0 Å². The smallest absolute Gasteiger partial charge is 0.328 e. The van der Waals surface area contributed by atoms with Crippen molar-refractivity contribution in [2.24, 2.45) is 0 Å². The third-order valence-electron chi connectivity index (χ3n) is 2.61. The molecule has 0 aliphatic heterocycles. The van der Waals surface area contributed by atoms with Crippen LogP contribution >= 0.6 is 0 Å². The van der Waals surface area contributed by atoms with Crippen molar-refractivity contribution in [2.75, 3.05) is 12.4 Å². The number of halogens is 1. The average Bonchev–Trinajstić information content (AvgIpc) is 2.49. The van der Waals surface area contributed by atoms with Gasteiger partial charge in [-0.15, -0.1) is 0 Å². The Morgan fingerprint density at radius 3 is 2.64 bits per heavy atom. The van der Waals surface area contributed by atoms with Crippen molar-refractivity contribution in [3.05, 3.63) is 48.4 Å². The zero-order valence-corrected chi connectivity index (χ0v) is 12.3. The summed E-state index contributed by atoms with van der Waals surface area (Å²) < 4.78 is 39.4. The van der Waals surface area contributed by atoms with Crippen LogP contribution in [0.5, 0.6) is 0 Å². The molecule has 3 N–H and O–H groups in total. The predicted octanol–water partition coefficient (Wildman–Crippen LogP) is 1.58. The molecule has 0 saturated heterocycles. The summed E-state index contributed by atoms with van der Waals surface area (Å²) in [5.41, 5.74) is 0.317. The number of sulfonamides is 1. The molecule has 2 rings (SSSR count). The van der Waals surface area contributed by atoms with Gasteiger partial charge in [-0.05, 0) is 30.3 Å². The lowest BCUT2D eigenvalue weighted by Gasteiger charge is -2.10. The Kier molecular flexibility index (Phi) is 4.56. The highest BCUT2D eigenvalue weighted by molar-refractivity contribution is 7.90. The van der Waals surface area contributed by atoms with Crippen LogP contribution in [-0.2, 0) is 10.0 Å². The van der Waals surface area contributed by atoms with E-state index in [2.05, 4.69) is 15.6 Å². The number of carbonyl (C=O) groups is 1. The molecular weight excluding hydrogens is 311 g/mol. The highest BCUT2D eigenvalue weighted by Gasteiger charge is 2.21. The fraction of sp³-hybridized carbons (Fsp3) is 0.0769. The SMILES string of the molecule is CNC(=O)NS(=O)(=O)c1cc(Nc2ccccn2)ccc1F. The third-order valence-corrected chi connectivity index (χ3v) is 3.96. The number of amides is 2. The molecule has 116 valence electrons. The standard InChI is InChI=1S/C13H13FN4O3S/c1-15-13(19)18-22(20,21)11-8-9(5-6-10(11)14)17-12-4-2-3-7-16-12/h2-8H,1H3,(H,16,17)(H2,15,18,19). The topological polar surface area (TPSA) is 100 Å². The zero-order chi connectivity index (χ0) is 16.2. The molecule has 22 heavy (non-hydrogen) atoms. The molecule has 0 radical (unpaired) electrons. The number of nitrogens with one attached hydrogen (secondary N) is 3. The van der Waals surface area contributed by atoms with Crippen LogP contribution in [0.25, 0.3) is 0 Å². The number of benzene rings is 1. The molecule has 0 saturated carbocycles. The minimum atomic E-state index is -4.31. The van der Waals surface area contributed by atoms with E-state index in [0.29, 0.717) is 11.5 Å². The Balaban J connectivity index is 2.33. The number of anilines is 2. The summed E-state index contributed by atoms with van der Waals surface area (Å²) in [6.45, 7) is 0. The Morgan fingerprint density at radius 2 is 2.00 bits per heavy atom. The maximum atomic E-state index is 13.8. The lowest BCUT2D eigenvalue weighted by atomic mass is 10.3. The van der Waals surface area contributed by atoms with Gasteiger partial charge in [0.2, 0.25) is 0 Å². The van der Waals surface area contributed by atoms with E-state index in [4.69, 9.17) is 0 Å². The highest BCUT2D eigenvalue weighted by atomic mass is 32.2. The van der Waals surface area contributed by atoms with E-state index < -0.39 is 26.8 Å². The molecule has 1 heterocycles. The Labute approximate surface area is 126 Å². The van der Waals surface area contributed by atoms with E-state index in [0.717, 1.165) is 12.1 Å². The molecule has 0 fully saturated rings. The second-order valence-corrected chi connectivity index (χ2v) is 5.82. The van der Waals surface area contributed by atoms with Crippen molar-refractivity contribution >= 4 is 27.6 Å².